The maximum atomic E-state index is 12.0. The zero-order valence-electron chi connectivity index (χ0n) is 10.9. The van der Waals surface area contributed by atoms with Crippen LogP contribution in [0.3, 0.4) is 0 Å². The number of halogens is 1. The lowest BCUT2D eigenvalue weighted by molar-refractivity contribution is 0.102. The first kappa shape index (κ1) is 14.2. The molecule has 2 rings (SSSR count). The fourth-order valence-electron chi connectivity index (χ4n) is 1.49. The van der Waals surface area contributed by atoms with Gasteiger partial charge in [0.1, 0.15) is 5.82 Å². The Hall–Kier alpha value is -2.21. The Morgan fingerprint density at radius 3 is 2.80 bits per heavy atom. The highest BCUT2D eigenvalue weighted by Gasteiger charge is 2.10. The molecule has 1 amide bonds. The average Bonchev–Trinajstić information content (AvgIpc) is 2.47. The van der Waals surface area contributed by atoms with Crippen LogP contribution in [0.2, 0.25) is 5.02 Å². The van der Waals surface area contributed by atoms with Gasteiger partial charge in [-0.05, 0) is 12.5 Å². The van der Waals surface area contributed by atoms with Crippen LogP contribution < -0.4 is 10.6 Å². The van der Waals surface area contributed by atoms with Crippen LogP contribution in [-0.2, 0) is 0 Å². The van der Waals surface area contributed by atoms with E-state index in [9.17, 15) is 4.79 Å². The molecule has 0 saturated heterocycles. The molecule has 104 valence electrons. The second-order valence-corrected chi connectivity index (χ2v) is 4.43. The third-order valence-electron chi connectivity index (χ3n) is 2.45. The van der Waals surface area contributed by atoms with Crippen LogP contribution in [0.4, 0.5) is 11.6 Å². The number of hydrogen-bond acceptors (Lipinski definition) is 5. The Bertz CT molecular complexity index is 591. The molecule has 0 saturated carbocycles. The second kappa shape index (κ2) is 6.81. The summed E-state index contributed by atoms with van der Waals surface area (Å²) in [6.45, 7) is 2.82. The molecule has 0 aliphatic heterocycles. The van der Waals surface area contributed by atoms with Crippen molar-refractivity contribution in [3.05, 3.63) is 41.4 Å². The molecule has 2 aromatic heterocycles. The van der Waals surface area contributed by atoms with Crippen molar-refractivity contribution in [1.82, 2.24) is 15.0 Å². The largest absolute Gasteiger partial charge is 0.369 e. The normalized spacial score (nSPS) is 10.1. The number of rotatable bonds is 5. The molecule has 2 heterocycles. The fourth-order valence-corrected chi connectivity index (χ4v) is 1.72. The average molecular weight is 292 g/mol. The number of aromatic nitrogens is 3. The molecule has 0 fully saturated rings. The summed E-state index contributed by atoms with van der Waals surface area (Å²) in [5.74, 6) is 0.619. The first-order chi connectivity index (χ1) is 9.70. The van der Waals surface area contributed by atoms with Crippen molar-refractivity contribution in [3.8, 4) is 0 Å². The van der Waals surface area contributed by atoms with Crippen LogP contribution in [0.5, 0.6) is 0 Å². The quantitative estimate of drug-likeness (QED) is 0.885. The summed E-state index contributed by atoms with van der Waals surface area (Å²) in [4.78, 5) is 24.0. The molecular formula is C13H14ClN5O. The monoisotopic (exact) mass is 291 g/mol. The van der Waals surface area contributed by atoms with E-state index < -0.39 is 0 Å². The van der Waals surface area contributed by atoms with Gasteiger partial charge in [0, 0.05) is 25.1 Å². The minimum absolute atomic E-state index is 0.332. The zero-order chi connectivity index (χ0) is 14.4. The van der Waals surface area contributed by atoms with Gasteiger partial charge in [0.25, 0.3) is 5.91 Å². The van der Waals surface area contributed by atoms with Crippen LogP contribution in [0.25, 0.3) is 0 Å². The molecule has 7 heteroatoms. The summed E-state index contributed by atoms with van der Waals surface area (Å²) in [5.41, 5.74) is 0.364. The predicted octanol–water partition coefficient (Wildman–Crippen LogP) is 2.60. The van der Waals surface area contributed by atoms with Gasteiger partial charge in [-0.1, -0.05) is 18.5 Å². The highest BCUT2D eigenvalue weighted by Crippen LogP contribution is 2.20. The van der Waals surface area contributed by atoms with E-state index in [1.807, 2.05) is 6.92 Å². The van der Waals surface area contributed by atoms with Gasteiger partial charge in [0.15, 0.2) is 5.82 Å². The van der Waals surface area contributed by atoms with Gasteiger partial charge in [-0.15, -0.1) is 0 Å². The van der Waals surface area contributed by atoms with E-state index in [0.29, 0.717) is 22.2 Å². The van der Waals surface area contributed by atoms with Gasteiger partial charge in [0.2, 0.25) is 0 Å². The van der Waals surface area contributed by atoms with E-state index in [4.69, 9.17) is 11.6 Å². The van der Waals surface area contributed by atoms with Crippen molar-refractivity contribution in [1.29, 1.82) is 0 Å². The van der Waals surface area contributed by atoms with Crippen molar-refractivity contribution in [3.63, 3.8) is 0 Å². The summed E-state index contributed by atoms with van der Waals surface area (Å²) in [5, 5.41) is 6.11. The Labute approximate surface area is 121 Å². The van der Waals surface area contributed by atoms with Gasteiger partial charge in [0.05, 0.1) is 16.8 Å². The van der Waals surface area contributed by atoms with Crippen LogP contribution in [0.15, 0.2) is 30.9 Å². The molecular weight excluding hydrogens is 278 g/mol. The van der Waals surface area contributed by atoms with Gasteiger partial charge in [-0.3, -0.25) is 9.78 Å². The molecule has 0 aromatic carbocycles. The fraction of sp³-hybridized carbons (Fsp3) is 0.231. The molecule has 0 spiro atoms. The Balaban J connectivity index is 2.09. The summed E-state index contributed by atoms with van der Waals surface area (Å²) < 4.78 is 0. The zero-order valence-corrected chi connectivity index (χ0v) is 11.7. The van der Waals surface area contributed by atoms with E-state index in [0.717, 1.165) is 13.0 Å². The van der Waals surface area contributed by atoms with Crippen LogP contribution >= 0.6 is 11.6 Å². The van der Waals surface area contributed by atoms with Crippen molar-refractivity contribution >= 4 is 29.1 Å². The highest BCUT2D eigenvalue weighted by molar-refractivity contribution is 6.33. The van der Waals surface area contributed by atoms with E-state index in [-0.39, 0.29) is 5.91 Å². The van der Waals surface area contributed by atoms with Gasteiger partial charge >= 0.3 is 0 Å². The summed E-state index contributed by atoms with van der Waals surface area (Å²) in [7, 11) is 0. The van der Waals surface area contributed by atoms with E-state index in [1.165, 1.54) is 24.8 Å². The first-order valence-electron chi connectivity index (χ1n) is 6.17. The molecule has 6 nitrogen and oxygen atoms in total. The number of hydrogen-bond donors (Lipinski definition) is 2. The number of nitrogens with zero attached hydrogens (tertiary/aromatic N) is 3. The lowest BCUT2D eigenvalue weighted by Gasteiger charge is -2.08. The topological polar surface area (TPSA) is 79.8 Å². The van der Waals surface area contributed by atoms with Crippen LogP contribution in [-0.4, -0.2) is 27.4 Å². The lowest BCUT2D eigenvalue weighted by atomic mass is 10.2. The standard InChI is InChI=1S/C13H14ClN5O/c1-2-3-17-12-10(14)6-9(7-18-12)13(20)19-11-8-15-4-5-16-11/h4-8H,2-3H2,1H3,(H,17,18)(H,16,19,20). The number of carbonyl (C=O) groups excluding carboxylic acids is 1. The number of pyridine rings is 1. The highest BCUT2D eigenvalue weighted by atomic mass is 35.5. The van der Waals surface area contributed by atoms with Gasteiger partial charge in [-0.25, -0.2) is 9.97 Å². The van der Waals surface area contributed by atoms with Crippen molar-refractivity contribution in [2.45, 2.75) is 13.3 Å². The second-order valence-electron chi connectivity index (χ2n) is 4.03. The Kier molecular flexibility index (Phi) is 4.84. The van der Waals surface area contributed by atoms with Gasteiger partial charge in [-0.2, -0.15) is 0 Å². The Morgan fingerprint density at radius 2 is 2.15 bits per heavy atom. The summed E-state index contributed by atoms with van der Waals surface area (Å²) in [6.07, 6.45) is 6.92. The van der Waals surface area contributed by atoms with Crippen molar-refractivity contribution < 1.29 is 4.79 Å². The number of amides is 1. The maximum Gasteiger partial charge on any atom is 0.258 e. The smallest absolute Gasteiger partial charge is 0.258 e. The molecule has 0 radical (unpaired) electrons. The molecule has 0 aliphatic carbocycles. The third kappa shape index (κ3) is 3.64. The number of carbonyl (C=O) groups is 1. The summed E-state index contributed by atoms with van der Waals surface area (Å²) in [6, 6.07) is 1.57. The van der Waals surface area contributed by atoms with E-state index in [2.05, 4.69) is 25.6 Å². The number of nitrogens with one attached hydrogen (secondary N) is 2. The van der Waals surface area contributed by atoms with Crippen LogP contribution in [0, 0.1) is 0 Å². The number of anilines is 2. The lowest BCUT2D eigenvalue weighted by Crippen LogP contribution is -2.14. The molecule has 2 N–H and O–H groups in total. The minimum Gasteiger partial charge on any atom is -0.369 e. The van der Waals surface area contributed by atoms with Crippen molar-refractivity contribution in [2.24, 2.45) is 0 Å². The molecule has 0 atom stereocenters. The Morgan fingerprint density at radius 1 is 1.30 bits per heavy atom. The predicted molar refractivity (Wildman–Crippen MR) is 78.0 cm³/mol. The first-order valence-corrected chi connectivity index (χ1v) is 6.55. The molecule has 0 unspecified atom stereocenters. The summed E-state index contributed by atoms with van der Waals surface area (Å²) >= 11 is 6.08. The molecule has 20 heavy (non-hydrogen) atoms. The molecule has 0 aliphatic rings. The minimum atomic E-state index is -0.332. The SMILES string of the molecule is CCCNc1ncc(C(=O)Nc2cnccn2)cc1Cl. The van der Waals surface area contributed by atoms with Gasteiger partial charge < -0.3 is 10.6 Å². The maximum absolute atomic E-state index is 12.0. The third-order valence-corrected chi connectivity index (χ3v) is 2.74. The molecule has 2 aromatic rings. The van der Waals surface area contributed by atoms with E-state index >= 15 is 0 Å². The van der Waals surface area contributed by atoms with Crippen molar-refractivity contribution in [2.75, 3.05) is 17.2 Å². The van der Waals surface area contributed by atoms with E-state index in [1.54, 1.807) is 6.07 Å². The molecule has 0 bridgehead atoms. The van der Waals surface area contributed by atoms with Crippen LogP contribution in [0.1, 0.15) is 23.7 Å².